The van der Waals surface area contributed by atoms with Gasteiger partial charge in [0.1, 0.15) is 22.3 Å². The van der Waals surface area contributed by atoms with Gasteiger partial charge in [-0.15, -0.1) is 0 Å². The molecule has 0 saturated carbocycles. The predicted octanol–water partition coefficient (Wildman–Crippen LogP) is 16.8. The number of fused-ring (bicyclic) bond motifs is 14. The molecule has 0 aliphatic rings. The minimum atomic E-state index is 0.883. The fourth-order valence-electron chi connectivity index (χ4n) is 10.4. The molecular weight excluding hydrogens is 795 g/mol. The second-order valence-corrected chi connectivity index (χ2v) is 16.9. The zero-order valence-corrected chi connectivity index (χ0v) is 35.0. The molecule has 304 valence electrons. The van der Waals surface area contributed by atoms with Crippen molar-refractivity contribution in [3.05, 3.63) is 224 Å². The van der Waals surface area contributed by atoms with E-state index in [9.17, 15) is 0 Å². The Balaban J connectivity index is 0.926. The molecule has 14 aromatic rings. The molecule has 0 aliphatic heterocycles. The van der Waals surface area contributed by atoms with Crippen LogP contribution < -0.4 is 4.90 Å². The first-order chi connectivity index (χ1) is 32.2. The van der Waals surface area contributed by atoms with Crippen molar-refractivity contribution in [2.24, 2.45) is 0 Å². The molecule has 14 rings (SSSR count). The van der Waals surface area contributed by atoms with Crippen molar-refractivity contribution >= 4 is 105 Å². The molecular formula is C60H37N3O2. The number of hydrogen-bond acceptors (Lipinski definition) is 3. The van der Waals surface area contributed by atoms with Crippen molar-refractivity contribution in [1.82, 2.24) is 9.13 Å². The second kappa shape index (κ2) is 13.9. The Hall–Kier alpha value is -8.80. The first-order valence-corrected chi connectivity index (χ1v) is 22.1. The summed E-state index contributed by atoms with van der Waals surface area (Å²) in [7, 11) is 0. The van der Waals surface area contributed by atoms with Gasteiger partial charge in [0.15, 0.2) is 0 Å². The molecule has 4 aromatic heterocycles. The van der Waals surface area contributed by atoms with Crippen LogP contribution in [0.15, 0.2) is 233 Å². The van der Waals surface area contributed by atoms with Crippen molar-refractivity contribution in [3.63, 3.8) is 0 Å². The van der Waals surface area contributed by atoms with Crippen LogP contribution in [-0.2, 0) is 0 Å². The van der Waals surface area contributed by atoms with Gasteiger partial charge >= 0.3 is 0 Å². The minimum Gasteiger partial charge on any atom is -0.456 e. The molecule has 0 radical (unpaired) electrons. The molecule has 0 atom stereocenters. The number of anilines is 3. The summed E-state index contributed by atoms with van der Waals surface area (Å²) < 4.78 is 18.2. The molecule has 0 fully saturated rings. The zero-order valence-electron chi connectivity index (χ0n) is 35.0. The van der Waals surface area contributed by atoms with Crippen molar-refractivity contribution in [2.75, 3.05) is 4.90 Å². The predicted molar refractivity (Wildman–Crippen MR) is 270 cm³/mol. The van der Waals surface area contributed by atoms with Gasteiger partial charge in [0, 0.05) is 60.8 Å². The quantitative estimate of drug-likeness (QED) is 0.168. The topological polar surface area (TPSA) is 39.4 Å². The number of rotatable bonds is 6. The number of aromatic nitrogens is 2. The Bertz CT molecular complexity index is 4160. The van der Waals surface area contributed by atoms with E-state index in [2.05, 4.69) is 226 Å². The SMILES string of the molecule is c1ccc(-c2ccc(N(c3ccccc3)c3ccc(-n4c5ccccc5c5c6oc7c(ccc8c7c7ccccc7n8-c7ccc8oc9ccccc9c8c7)c6ccc54)cc3)cc2)cc1. The van der Waals surface area contributed by atoms with Crippen LogP contribution in [0, 0.1) is 0 Å². The van der Waals surface area contributed by atoms with Crippen molar-refractivity contribution in [2.45, 2.75) is 0 Å². The van der Waals surface area contributed by atoms with Crippen LogP contribution in [0.2, 0.25) is 0 Å². The van der Waals surface area contributed by atoms with Crippen LogP contribution in [0.4, 0.5) is 17.1 Å². The average Bonchev–Trinajstić information content (AvgIpc) is 4.12. The summed E-state index contributed by atoms with van der Waals surface area (Å²) in [5.74, 6) is 0. The van der Waals surface area contributed by atoms with Crippen LogP contribution in [0.1, 0.15) is 0 Å². The van der Waals surface area contributed by atoms with E-state index in [1.54, 1.807) is 0 Å². The van der Waals surface area contributed by atoms with Gasteiger partial charge in [-0.1, -0.05) is 115 Å². The van der Waals surface area contributed by atoms with Crippen molar-refractivity contribution in [1.29, 1.82) is 0 Å². The Morgan fingerprint density at radius 2 is 0.769 bits per heavy atom. The minimum absolute atomic E-state index is 0.883. The van der Waals surface area contributed by atoms with Crippen LogP contribution in [0.5, 0.6) is 0 Å². The van der Waals surface area contributed by atoms with E-state index in [4.69, 9.17) is 8.83 Å². The van der Waals surface area contributed by atoms with E-state index in [0.717, 1.165) is 116 Å². The summed E-state index contributed by atoms with van der Waals surface area (Å²) in [4.78, 5) is 2.32. The van der Waals surface area contributed by atoms with Crippen LogP contribution in [0.25, 0.3) is 110 Å². The van der Waals surface area contributed by atoms with Crippen LogP contribution in [-0.4, -0.2) is 9.13 Å². The van der Waals surface area contributed by atoms with Gasteiger partial charge in [0.2, 0.25) is 0 Å². The Labute approximate surface area is 372 Å². The first kappa shape index (κ1) is 35.8. The van der Waals surface area contributed by atoms with Gasteiger partial charge in [-0.2, -0.15) is 0 Å². The van der Waals surface area contributed by atoms with Crippen LogP contribution >= 0.6 is 0 Å². The van der Waals surface area contributed by atoms with Crippen LogP contribution in [0.3, 0.4) is 0 Å². The van der Waals surface area contributed by atoms with Gasteiger partial charge in [-0.3, -0.25) is 0 Å². The van der Waals surface area contributed by atoms with E-state index in [1.165, 1.54) is 11.1 Å². The summed E-state index contributed by atoms with van der Waals surface area (Å²) >= 11 is 0. The smallest absolute Gasteiger partial charge is 0.145 e. The number of nitrogens with zero attached hydrogens (tertiary/aromatic N) is 3. The van der Waals surface area contributed by atoms with Crippen molar-refractivity contribution in [3.8, 4) is 22.5 Å². The van der Waals surface area contributed by atoms with E-state index in [1.807, 2.05) is 12.1 Å². The highest BCUT2D eigenvalue weighted by atomic mass is 16.3. The largest absolute Gasteiger partial charge is 0.456 e. The van der Waals surface area contributed by atoms with Gasteiger partial charge in [-0.25, -0.2) is 0 Å². The zero-order chi connectivity index (χ0) is 42.6. The molecule has 65 heavy (non-hydrogen) atoms. The Kier molecular flexibility index (Phi) is 7.62. The Morgan fingerprint density at radius 3 is 1.42 bits per heavy atom. The molecule has 0 amide bonds. The molecule has 5 heteroatoms. The maximum Gasteiger partial charge on any atom is 0.145 e. The molecule has 5 nitrogen and oxygen atoms in total. The highest BCUT2D eigenvalue weighted by Crippen LogP contribution is 2.46. The lowest BCUT2D eigenvalue weighted by atomic mass is 10.0. The summed E-state index contributed by atoms with van der Waals surface area (Å²) in [5, 5.41) is 8.95. The molecule has 0 saturated heterocycles. The number of furan rings is 2. The average molecular weight is 832 g/mol. The molecule has 0 unspecified atom stereocenters. The molecule has 0 aliphatic carbocycles. The molecule has 0 bridgehead atoms. The normalized spacial score (nSPS) is 12.0. The summed E-state index contributed by atoms with van der Waals surface area (Å²) in [6.07, 6.45) is 0. The van der Waals surface area contributed by atoms with E-state index >= 15 is 0 Å². The van der Waals surface area contributed by atoms with E-state index in [-0.39, 0.29) is 0 Å². The summed E-state index contributed by atoms with van der Waals surface area (Å²) in [6, 6.07) is 80.0. The second-order valence-electron chi connectivity index (χ2n) is 16.9. The fourth-order valence-corrected chi connectivity index (χ4v) is 10.4. The summed E-state index contributed by atoms with van der Waals surface area (Å²) in [6.45, 7) is 0. The third kappa shape index (κ3) is 5.33. The van der Waals surface area contributed by atoms with Crippen molar-refractivity contribution < 1.29 is 8.83 Å². The molecule has 4 heterocycles. The summed E-state index contributed by atoms with van der Waals surface area (Å²) in [5.41, 5.74) is 15.8. The van der Waals surface area contributed by atoms with E-state index < -0.39 is 0 Å². The maximum atomic E-state index is 7.25. The molecule has 0 spiro atoms. The number of hydrogen-bond donors (Lipinski definition) is 0. The monoisotopic (exact) mass is 831 g/mol. The lowest BCUT2D eigenvalue weighted by Gasteiger charge is -2.26. The number of benzene rings is 10. The fraction of sp³-hybridized carbons (Fsp3) is 0. The van der Waals surface area contributed by atoms with E-state index in [0.29, 0.717) is 0 Å². The van der Waals surface area contributed by atoms with Gasteiger partial charge in [-0.05, 0) is 120 Å². The molecule has 10 aromatic carbocycles. The lowest BCUT2D eigenvalue weighted by Crippen LogP contribution is -2.10. The van der Waals surface area contributed by atoms with Gasteiger partial charge in [0.25, 0.3) is 0 Å². The first-order valence-electron chi connectivity index (χ1n) is 22.1. The highest BCUT2D eigenvalue weighted by molar-refractivity contribution is 6.29. The van der Waals surface area contributed by atoms with Gasteiger partial charge in [0.05, 0.1) is 32.8 Å². The standard InChI is InChI=1S/C60H37N3O2/c1-3-13-38(14-4-1)39-23-25-41(26-24-39)61(40-15-5-2-6-16-40)42-27-29-43(30-28-42)62-51-20-10-7-18-48(51)57-53(62)34-32-46-47-33-35-54-58(60(47)65-59(46)57)49-19-8-11-21-52(49)63(54)44-31-36-56-50(37-44)45-17-9-12-22-55(45)64-56/h1-37H. The third-order valence-electron chi connectivity index (χ3n) is 13.3. The number of para-hydroxylation sites is 4. The third-order valence-corrected chi connectivity index (χ3v) is 13.3. The van der Waals surface area contributed by atoms with Gasteiger partial charge < -0.3 is 22.9 Å². The lowest BCUT2D eigenvalue weighted by molar-refractivity contribution is 0.669. The highest BCUT2D eigenvalue weighted by Gasteiger charge is 2.23. The molecule has 0 N–H and O–H groups in total. The Morgan fingerprint density at radius 1 is 0.292 bits per heavy atom. The maximum absolute atomic E-state index is 7.25.